The van der Waals surface area contributed by atoms with E-state index >= 15 is 0 Å². The average Bonchev–Trinajstić information content (AvgIpc) is 2.88. The van der Waals surface area contributed by atoms with Gasteiger partial charge < -0.3 is 15.1 Å². The number of nitrogens with one attached hydrogen (secondary N) is 2. The standard InChI is InChI=1S/C15H18N2O2/c1-11(16-10-15-7-4-8-19-15)13-5-3-6-14(9-13)17-12(2)18/h3-9,11,16H,10H2,1-2H3,(H,17,18). The second-order valence-electron chi connectivity index (χ2n) is 4.49. The lowest BCUT2D eigenvalue weighted by atomic mass is 10.1. The molecule has 2 rings (SSSR count). The lowest BCUT2D eigenvalue weighted by molar-refractivity contribution is -0.114. The minimum absolute atomic E-state index is 0.0617. The van der Waals surface area contributed by atoms with Crippen molar-refractivity contribution in [2.24, 2.45) is 0 Å². The van der Waals surface area contributed by atoms with Gasteiger partial charge in [0.15, 0.2) is 0 Å². The van der Waals surface area contributed by atoms with Crippen molar-refractivity contribution in [3.05, 3.63) is 54.0 Å². The second kappa shape index (κ2) is 6.20. The van der Waals surface area contributed by atoms with E-state index in [1.54, 1.807) is 6.26 Å². The summed E-state index contributed by atoms with van der Waals surface area (Å²) in [5.41, 5.74) is 1.94. The maximum absolute atomic E-state index is 11.0. The van der Waals surface area contributed by atoms with Gasteiger partial charge >= 0.3 is 0 Å². The number of furan rings is 1. The summed E-state index contributed by atoms with van der Waals surface area (Å²) in [6.07, 6.45) is 1.67. The number of carbonyl (C=O) groups is 1. The van der Waals surface area contributed by atoms with Crippen LogP contribution in [0, 0.1) is 0 Å². The quantitative estimate of drug-likeness (QED) is 0.866. The van der Waals surface area contributed by atoms with Crippen LogP contribution in [0.1, 0.15) is 31.2 Å². The van der Waals surface area contributed by atoms with Gasteiger partial charge in [0.05, 0.1) is 12.8 Å². The van der Waals surface area contributed by atoms with Gasteiger partial charge in [-0.1, -0.05) is 12.1 Å². The Kier molecular flexibility index (Phi) is 4.36. The summed E-state index contributed by atoms with van der Waals surface area (Å²) in [7, 11) is 0. The normalized spacial score (nSPS) is 12.1. The van der Waals surface area contributed by atoms with Crippen molar-refractivity contribution >= 4 is 11.6 Å². The van der Waals surface area contributed by atoms with Gasteiger partial charge in [0.1, 0.15) is 5.76 Å². The molecule has 0 radical (unpaired) electrons. The third-order valence-corrected chi connectivity index (χ3v) is 2.87. The van der Waals surface area contributed by atoms with Crippen LogP contribution in [0.25, 0.3) is 0 Å². The molecule has 0 aliphatic carbocycles. The fraction of sp³-hybridized carbons (Fsp3) is 0.267. The monoisotopic (exact) mass is 258 g/mol. The van der Waals surface area contributed by atoms with Crippen molar-refractivity contribution in [1.29, 1.82) is 0 Å². The SMILES string of the molecule is CC(=O)Nc1cccc(C(C)NCc2ccco2)c1. The number of carbonyl (C=O) groups excluding carboxylic acids is 1. The van der Waals surface area contributed by atoms with Gasteiger partial charge in [0.2, 0.25) is 5.91 Å². The van der Waals surface area contributed by atoms with Crippen LogP contribution in [-0.2, 0) is 11.3 Å². The summed E-state index contributed by atoms with van der Waals surface area (Å²) in [6.45, 7) is 4.26. The lowest BCUT2D eigenvalue weighted by Gasteiger charge is -2.14. The van der Waals surface area contributed by atoms with Crippen molar-refractivity contribution in [2.45, 2.75) is 26.4 Å². The zero-order chi connectivity index (χ0) is 13.7. The highest BCUT2D eigenvalue weighted by Crippen LogP contribution is 2.18. The van der Waals surface area contributed by atoms with Crippen molar-refractivity contribution < 1.29 is 9.21 Å². The molecule has 2 N–H and O–H groups in total. The van der Waals surface area contributed by atoms with Gasteiger partial charge in [-0.25, -0.2) is 0 Å². The number of amides is 1. The molecule has 1 aromatic carbocycles. The summed E-state index contributed by atoms with van der Waals surface area (Å²) in [5, 5.41) is 6.16. The van der Waals surface area contributed by atoms with Crippen LogP contribution in [-0.4, -0.2) is 5.91 Å². The number of rotatable bonds is 5. The first kappa shape index (κ1) is 13.4. The van der Waals surface area contributed by atoms with Crippen molar-refractivity contribution in [1.82, 2.24) is 5.32 Å². The predicted octanol–water partition coefficient (Wildman–Crippen LogP) is 3.09. The summed E-state index contributed by atoms with van der Waals surface area (Å²) < 4.78 is 5.28. The second-order valence-corrected chi connectivity index (χ2v) is 4.49. The van der Waals surface area contributed by atoms with Crippen LogP contribution >= 0.6 is 0 Å². The van der Waals surface area contributed by atoms with Gasteiger partial charge in [-0.15, -0.1) is 0 Å². The molecule has 0 saturated carbocycles. The molecule has 0 fully saturated rings. The maximum atomic E-state index is 11.0. The van der Waals surface area contributed by atoms with Crippen molar-refractivity contribution in [2.75, 3.05) is 5.32 Å². The highest BCUT2D eigenvalue weighted by Gasteiger charge is 2.07. The topological polar surface area (TPSA) is 54.3 Å². The van der Waals surface area contributed by atoms with Crippen LogP contribution in [0.2, 0.25) is 0 Å². The largest absolute Gasteiger partial charge is 0.468 e. The first-order valence-electron chi connectivity index (χ1n) is 6.28. The Morgan fingerprint density at radius 3 is 2.84 bits per heavy atom. The predicted molar refractivity (Wildman–Crippen MR) is 74.7 cm³/mol. The minimum Gasteiger partial charge on any atom is -0.468 e. The molecular formula is C15H18N2O2. The molecule has 1 heterocycles. The van der Waals surface area contributed by atoms with E-state index in [0.29, 0.717) is 6.54 Å². The number of hydrogen-bond acceptors (Lipinski definition) is 3. The molecule has 0 spiro atoms. The number of anilines is 1. The Labute approximate surface area is 112 Å². The van der Waals surface area contributed by atoms with E-state index in [4.69, 9.17) is 4.42 Å². The summed E-state index contributed by atoms with van der Waals surface area (Å²) in [5.74, 6) is 0.846. The zero-order valence-corrected chi connectivity index (χ0v) is 11.1. The first-order valence-corrected chi connectivity index (χ1v) is 6.28. The Morgan fingerprint density at radius 1 is 1.32 bits per heavy atom. The molecule has 4 heteroatoms. The molecule has 1 amide bonds. The fourth-order valence-electron chi connectivity index (χ4n) is 1.87. The van der Waals surface area contributed by atoms with E-state index in [-0.39, 0.29) is 11.9 Å². The van der Waals surface area contributed by atoms with Gasteiger partial charge in [0.25, 0.3) is 0 Å². The van der Waals surface area contributed by atoms with E-state index in [1.807, 2.05) is 36.4 Å². The molecule has 1 aromatic heterocycles. The molecular weight excluding hydrogens is 240 g/mol. The average molecular weight is 258 g/mol. The fourth-order valence-corrected chi connectivity index (χ4v) is 1.87. The summed E-state index contributed by atoms with van der Waals surface area (Å²) in [4.78, 5) is 11.0. The first-order chi connectivity index (χ1) is 9.15. The molecule has 1 atom stereocenters. The molecule has 4 nitrogen and oxygen atoms in total. The third kappa shape index (κ3) is 3.96. The molecule has 1 unspecified atom stereocenters. The highest BCUT2D eigenvalue weighted by molar-refractivity contribution is 5.88. The highest BCUT2D eigenvalue weighted by atomic mass is 16.3. The summed E-state index contributed by atoms with van der Waals surface area (Å²) >= 11 is 0. The zero-order valence-electron chi connectivity index (χ0n) is 11.1. The molecule has 0 aliphatic heterocycles. The van der Waals surface area contributed by atoms with Crippen molar-refractivity contribution in [3.8, 4) is 0 Å². The van der Waals surface area contributed by atoms with Gasteiger partial charge in [-0.2, -0.15) is 0 Å². The van der Waals surface area contributed by atoms with E-state index in [9.17, 15) is 4.79 Å². The maximum Gasteiger partial charge on any atom is 0.221 e. The molecule has 0 aliphatic rings. The van der Waals surface area contributed by atoms with Crippen LogP contribution in [0.15, 0.2) is 47.1 Å². The number of benzene rings is 1. The van der Waals surface area contributed by atoms with Crippen LogP contribution in [0.4, 0.5) is 5.69 Å². The van der Waals surface area contributed by atoms with Gasteiger partial charge in [-0.05, 0) is 36.8 Å². The Balaban J connectivity index is 1.98. The van der Waals surface area contributed by atoms with Crippen molar-refractivity contribution in [3.63, 3.8) is 0 Å². The van der Waals surface area contributed by atoms with E-state index in [1.165, 1.54) is 6.92 Å². The molecule has 19 heavy (non-hydrogen) atoms. The molecule has 100 valence electrons. The molecule has 0 saturated heterocycles. The van der Waals surface area contributed by atoms with E-state index in [0.717, 1.165) is 17.0 Å². The van der Waals surface area contributed by atoms with Gasteiger partial charge in [0, 0.05) is 18.7 Å². The van der Waals surface area contributed by atoms with Crippen LogP contribution < -0.4 is 10.6 Å². The van der Waals surface area contributed by atoms with Crippen LogP contribution in [0.3, 0.4) is 0 Å². The van der Waals surface area contributed by atoms with E-state index < -0.39 is 0 Å². The summed E-state index contributed by atoms with van der Waals surface area (Å²) in [6, 6.07) is 11.8. The Morgan fingerprint density at radius 2 is 2.16 bits per heavy atom. The molecule has 0 bridgehead atoms. The smallest absolute Gasteiger partial charge is 0.221 e. The Bertz CT molecular complexity index is 535. The van der Waals surface area contributed by atoms with Crippen LogP contribution in [0.5, 0.6) is 0 Å². The van der Waals surface area contributed by atoms with E-state index in [2.05, 4.69) is 17.6 Å². The Hall–Kier alpha value is -2.07. The third-order valence-electron chi connectivity index (χ3n) is 2.87. The van der Waals surface area contributed by atoms with Gasteiger partial charge in [-0.3, -0.25) is 4.79 Å². The minimum atomic E-state index is -0.0617. The number of hydrogen-bond donors (Lipinski definition) is 2. The lowest BCUT2D eigenvalue weighted by Crippen LogP contribution is -2.18. The molecule has 2 aromatic rings.